The average molecular weight is 500 g/mol. The second-order valence-corrected chi connectivity index (χ2v) is 9.65. The molecule has 0 aromatic heterocycles. The van der Waals surface area contributed by atoms with Crippen molar-refractivity contribution in [3.63, 3.8) is 0 Å². The number of carbonyl (C=O) groups is 2. The molecular weight excluding hydrogens is 471 g/mol. The Morgan fingerprint density at radius 3 is 2.36 bits per heavy atom. The Hall–Kier alpha value is -3.74. The van der Waals surface area contributed by atoms with Crippen LogP contribution in [0.1, 0.15) is 24.0 Å². The van der Waals surface area contributed by atoms with Gasteiger partial charge in [-0.05, 0) is 43.2 Å². The van der Waals surface area contributed by atoms with Crippen LogP contribution in [0.25, 0.3) is 0 Å². The second-order valence-electron chi connectivity index (χ2n) is 9.65. The number of urea groups is 1. The fourth-order valence-electron chi connectivity index (χ4n) is 5.26. The van der Waals surface area contributed by atoms with Gasteiger partial charge in [-0.3, -0.25) is 4.79 Å². The van der Waals surface area contributed by atoms with Crippen LogP contribution in [0.5, 0.6) is 0 Å². The lowest BCUT2D eigenvalue weighted by Gasteiger charge is -2.42. The lowest BCUT2D eigenvalue weighted by atomic mass is 9.70. The van der Waals surface area contributed by atoms with Gasteiger partial charge in [0.15, 0.2) is 0 Å². The zero-order valence-corrected chi connectivity index (χ0v) is 20.2. The minimum absolute atomic E-state index is 0.0793. The third-order valence-corrected chi connectivity index (χ3v) is 7.25. The van der Waals surface area contributed by atoms with Crippen LogP contribution in [-0.4, -0.2) is 62.0 Å². The predicted molar refractivity (Wildman–Crippen MR) is 129 cm³/mol. The number of alkyl halides is 3. The summed E-state index contributed by atoms with van der Waals surface area (Å²) >= 11 is 0. The van der Waals surface area contributed by atoms with Crippen LogP contribution in [0.15, 0.2) is 48.5 Å². The van der Waals surface area contributed by atoms with E-state index in [-0.39, 0.29) is 18.5 Å². The number of amides is 3. The number of nitriles is 1. The Kier molecular flexibility index (Phi) is 6.85. The molecule has 190 valence electrons. The molecule has 0 saturated carbocycles. The summed E-state index contributed by atoms with van der Waals surface area (Å²) in [6.07, 6.45) is -3.55. The van der Waals surface area contributed by atoms with Crippen molar-refractivity contribution in [1.29, 1.82) is 5.26 Å². The van der Waals surface area contributed by atoms with Gasteiger partial charge in [0.25, 0.3) is 0 Å². The fraction of sp³-hybridized carbons (Fsp3) is 0.423. The van der Waals surface area contributed by atoms with Crippen LogP contribution in [0.2, 0.25) is 0 Å². The van der Waals surface area contributed by atoms with E-state index in [0.717, 1.165) is 6.07 Å². The highest BCUT2D eigenvalue weighted by molar-refractivity contribution is 5.89. The molecule has 3 amide bonds. The summed E-state index contributed by atoms with van der Waals surface area (Å²) in [5.41, 5.74) is -0.863. The standard InChI is InChI=1S/C26H28F3N5O2/c1-32(2)23(35)22-16-34(20-9-8-18(15-30)21(14-20)26(27,28)29)17-25(22)10-12-33(13-11-25)24(36)31-19-6-4-3-5-7-19/h3-9,14,22H,10-13,16-17H2,1-2H3,(H,31,36). The van der Waals surface area contributed by atoms with Crippen LogP contribution in [0.4, 0.5) is 29.3 Å². The molecular formula is C26H28F3N5O2. The average Bonchev–Trinajstić information content (AvgIpc) is 3.22. The zero-order chi connectivity index (χ0) is 26.1. The molecule has 4 rings (SSSR count). The lowest BCUT2D eigenvalue weighted by molar-refractivity contribution is -0.138. The van der Waals surface area contributed by atoms with E-state index >= 15 is 0 Å². The molecule has 1 N–H and O–H groups in total. The summed E-state index contributed by atoms with van der Waals surface area (Å²) < 4.78 is 40.7. The molecule has 7 nitrogen and oxygen atoms in total. The van der Waals surface area contributed by atoms with Gasteiger partial charge in [-0.15, -0.1) is 0 Å². The maximum atomic E-state index is 13.6. The van der Waals surface area contributed by atoms with E-state index in [0.29, 0.717) is 43.9 Å². The molecule has 10 heteroatoms. The molecule has 2 aliphatic rings. The number of hydrogen-bond donors (Lipinski definition) is 1. The number of piperidine rings is 1. The van der Waals surface area contributed by atoms with Gasteiger partial charge in [0.05, 0.1) is 23.1 Å². The summed E-state index contributed by atoms with van der Waals surface area (Å²) in [5.74, 6) is -0.499. The highest BCUT2D eigenvalue weighted by Crippen LogP contribution is 2.47. The SMILES string of the molecule is CN(C)C(=O)C1CN(c2ccc(C#N)c(C(F)(F)F)c2)CC12CCN(C(=O)Nc1ccccc1)CC2. The van der Waals surface area contributed by atoms with E-state index in [4.69, 9.17) is 5.26 Å². The van der Waals surface area contributed by atoms with Gasteiger partial charge >= 0.3 is 12.2 Å². The Labute approximate surface area is 208 Å². The van der Waals surface area contributed by atoms with Crippen LogP contribution < -0.4 is 10.2 Å². The van der Waals surface area contributed by atoms with Crippen molar-refractivity contribution in [2.75, 3.05) is 50.5 Å². The van der Waals surface area contributed by atoms with Crippen LogP contribution >= 0.6 is 0 Å². The first-order valence-corrected chi connectivity index (χ1v) is 11.7. The van der Waals surface area contributed by atoms with Gasteiger partial charge < -0.3 is 20.0 Å². The monoisotopic (exact) mass is 499 g/mol. The Morgan fingerprint density at radius 1 is 1.11 bits per heavy atom. The van der Waals surface area contributed by atoms with Crippen LogP contribution in [0, 0.1) is 22.7 Å². The Balaban J connectivity index is 1.55. The maximum Gasteiger partial charge on any atom is 0.417 e. The van der Waals surface area contributed by atoms with E-state index in [2.05, 4.69) is 5.32 Å². The number of para-hydroxylation sites is 1. The fourth-order valence-corrected chi connectivity index (χ4v) is 5.26. The van der Waals surface area contributed by atoms with Crippen molar-refractivity contribution in [2.45, 2.75) is 19.0 Å². The zero-order valence-electron chi connectivity index (χ0n) is 20.2. The molecule has 2 saturated heterocycles. The number of nitrogens with one attached hydrogen (secondary N) is 1. The van der Waals surface area contributed by atoms with Gasteiger partial charge in [-0.25, -0.2) is 4.79 Å². The Morgan fingerprint density at radius 2 is 1.78 bits per heavy atom. The van der Waals surface area contributed by atoms with Crippen molar-refractivity contribution in [2.24, 2.45) is 11.3 Å². The number of benzene rings is 2. The van der Waals surface area contributed by atoms with Crippen molar-refractivity contribution < 1.29 is 22.8 Å². The molecule has 1 spiro atoms. The van der Waals surface area contributed by atoms with Crippen molar-refractivity contribution in [3.05, 3.63) is 59.7 Å². The number of halogens is 3. The first kappa shape index (κ1) is 25.4. The van der Waals surface area contributed by atoms with Crippen LogP contribution in [0.3, 0.4) is 0 Å². The molecule has 2 aromatic rings. The smallest absolute Gasteiger partial charge is 0.370 e. The summed E-state index contributed by atoms with van der Waals surface area (Å²) in [4.78, 5) is 31.0. The molecule has 2 heterocycles. The van der Waals surface area contributed by atoms with Crippen molar-refractivity contribution in [1.82, 2.24) is 9.80 Å². The molecule has 1 atom stereocenters. The Bertz CT molecular complexity index is 1170. The topological polar surface area (TPSA) is 79.7 Å². The summed E-state index contributed by atoms with van der Waals surface area (Å²) in [7, 11) is 3.34. The number of rotatable bonds is 3. The number of anilines is 2. The van der Waals surface area contributed by atoms with E-state index in [1.165, 1.54) is 17.0 Å². The number of likely N-dealkylation sites (tertiary alicyclic amines) is 1. The molecule has 2 fully saturated rings. The minimum atomic E-state index is -4.66. The number of hydrogen-bond acceptors (Lipinski definition) is 4. The minimum Gasteiger partial charge on any atom is -0.370 e. The highest BCUT2D eigenvalue weighted by Gasteiger charge is 2.52. The van der Waals surface area contributed by atoms with Gasteiger partial charge in [-0.2, -0.15) is 18.4 Å². The van der Waals surface area contributed by atoms with E-state index in [9.17, 15) is 22.8 Å². The molecule has 36 heavy (non-hydrogen) atoms. The first-order chi connectivity index (χ1) is 17.0. The highest BCUT2D eigenvalue weighted by atomic mass is 19.4. The van der Waals surface area contributed by atoms with Gasteiger partial charge in [-0.1, -0.05) is 18.2 Å². The molecule has 0 bridgehead atoms. The van der Waals surface area contributed by atoms with Crippen molar-refractivity contribution >= 4 is 23.3 Å². The van der Waals surface area contributed by atoms with E-state index in [1.54, 1.807) is 37.2 Å². The summed E-state index contributed by atoms with van der Waals surface area (Å²) in [6, 6.07) is 14.2. The van der Waals surface area contributed by atoms with Crippen molar-refractivity contribution in [3.8, 4) is 6.07 Å². The molecule has 0 aliphatic carbocycles. The summed E-state index contributed by atoms with van der Waals surface area (Å²) in [6.45, 7) is 1.54. The third kappa shape index (κ3) is 4.96. The number of nitrogens with zero attached hydrogens (tertiary/aromatic N) is 4. The van der Waals surface area contributed by atoms with Crippen LogP contribution in [-0.2, 0) is 11.0 Å². The maximum absolute atomic E-state index is 13.6. The quantitative estimate of drug-likeness (QED) is 0.678. The molecule has 2 aliphatic heterocycles. The first-order valence-electron chi connectivity index (χ1n) is 11.7. The van der Waals surface area contributed by atoms with Gasteiger partial charge in [0, 0.05) is 57.1 Å². The van der Waals surface area contributed by atoms with E-state index in [1.807, 2.05) is 23.1 Å². The third-order valence-electron chi connectivity index (χ3n) is 7.25. The lowest BCUT2D eigenvalue weighted by Crippen LogP contribution is -2.50. The largest absolute Gasteiger partial charge is 0.417 e. The molecule has 0 radical (unpaired) electrons. The predicted octanol–water partition coefficient (Wildman–Crippen LogP) is 4.42. The van der Waals surface area contributed by atoms with E-state index < -0.39 is 28.6 Å². The second kappa shape index (κ2) is 9.72. The number of carbonyl (C=O) groups excluding carboxylic acids is 2. The summed E-state index contributed by atoms with van der Waals surface area (Å²) in [5, 5.41) is 12.0. The van der Waals surface area contributed by atoms with Gasteiger partial charge in [0.1, 0.15) is 0 Å². The molecule has 1 unspecified atom stereocenters. The normalized spacial score (nSPS) is 19.2. The molecule has 2 aromatic carbocycles. The van der Waals surface area contributed by atoms with Gasteiger partial charge in [0.2, 0.25) is 5.91 Å².